The molecule has 4 rings (SSSR count). The lowest BCUT2D eigenvalue weighted by atomic mass is 10.0. The van der Waals surface area contributed by atoms with Gasteiger partial charge in [0.05, 0.1) is 23.8 Å². The molecule has 0 unspecified atom stereocenters. The number of hydrogen-bond acceptors (Lipinski definition) is 5. The Kier molecular flexibility index (Phi) is 4.18. The fourth-order valence-electron chi connectivity index (χ4n) is 2.97. The van der Waals surface area contributed by atoms with Crippen molar-refractivity contribution in [1.29, 1.82) is 0 Å². The highest BCUT2D eigenvalue weighted by atomic mass is 15.3. The van der Waals surface area contributed by atoms with Gasteiger partial charge in [-0.15, -0.1) is 0 Å². The molecule has 130 valence electrons. The van der Waals surface area contributed by atoms with E-state index < -0.39 is 0 Å². The second-order valence-electron chi connectivity index (χ2n) is 5.93. The topological polar surface area (TPSA) is 97.2 Å². The van der Waals surface area contributed by atoms with Crippen LogP contribution in [-0.2, 0) is 0 Å². The highest BCUT2D eigenvalue weighted by molar-refractivity contribution is 5.78. The summed E-state index contributed by atoms with van der Waals surface area (Å²) >= 11 is 0. The van der Waals surface area contributed by atoms with Crippen LogP contribution in [0.4, 0.5) is 5.82 Å². The summed E-state index contributed by atoms with van der Waals surface area (Å²) in [5.41, 5.74) is 11.5. The number of aromatic amines is 1. The number of rotatable bonds is 4. The second-order valence-corrected chi connectivity index (χ2v) is 5.93. The molecule has 1 aliphatic rings. The minimum atomic E-state index is 0.532. The second kappa shape index (κ2) is 6.79. The van der Waals surface area contributed by atoms with Gasteiger partial charge in [0.25, 0.3) is 0 Å². The molecule has 0 bridgehead atoms. The molecule has 3 aromatic heterocycles. The third-order valence-corrected chi connectivity index (χ3v) is 4.19. The van der Waals surface area contributed by atoms with Crippen LogP contribution in [0.5, 0.6) is 0 Å². The molecule has 3 aromatic rings. The molecule has 0 amide bonds. The van der Waals surface area contributed by atoms with Gasteiger partial charge in [0.2, 0.25) is 0 Å². The summed E-state index contributed by atoms with van der Waals surface area (Å²) in [6, 6.07) is 1.81. The molecule has 0 aliphatic heterocycles. The van der Waals surface area contributed by atoms with Crippen molar-refractivity contribution in [2.24, 2.45) is 4.99 Å². The maximum absolute atomic E-state index is 6.16. The van der Waals surface area contributed by atoms with Crippen LogP contribution in [-0.4, -0.2) is 31.0 Å². The van der Waals surface area contributed by atoms with Crippen LogP contribution >= 0.6 is 0 Å². The predicted molar refractivity (Wildman–Crippen MR) is 104 cm³/mol. The average Bonchev–Trinajstić information content (AvgIpc) is 3.30. The van der Waals surface area contributed by atoms with Crippen LogP contribution in [0.15, 0.2) is 59.1 Å². The lowest BCUT2D eigenvalue weighted by molar-refractivity contribution is 0.950. The maximum Gasteiger partial charge on any atom is 0.165 e. The van der Waals surface area contributed by atoms with E-state index in [1.807, 2.05) is 37.6 Å². The number of nitrogens with two attached hydrogens (primary N) is 1. The van der Waals surface area contributed by atoms with Crippen molar-refractivity contribution in [2.45, 2.75) is 19.8 Å². The van der Waals surface area contributed by atoms with E-state index in [-0.39, 0.29) is 0 Å². The zero-order valence-electron chi connectivity index (χ0n) is 14.4. The molecule has 0 atom stereocenters. The monoisotopic (exact) mass is 345 g/mol. The molecule has 0 spiro atoms. The van der Waals surface area contributed by atoms with Gasteiger partial charge in [-0.3, -0.25) is 10.1 Å². The summed E-state index contributed by atoms with van der Waals surface area (Å²) in [6.45, 7) is 1.92. The molecule has 0 radical (unpaired) electrons. The zero-order chi connectivity index (χ0) is 17.9. The smallest absolute Gasteiger partial charge is 0.165 e. The quantitative estimate of drug-likeness (QED) is 0.708. The molecule has 3 N–H and O–H groups in total. The summed E-state index contributed by atoms with van der Waals surface area (Å²) in [5.74, 6) is 0.532. The van der Waals surface area contributed by atoms with Gasteiger partial charge >= 0.3 is 0 Å². The van der Waals surface area contributed by atoms with Gasteiger partial charge in [-0.1, -0.05) is 18.2 Å². The van der Waals surface area contributed by atoms with E-state index in [9.17, 15) is 0 Å². The van der Waals surface area contributed by atoms with Gasteiger partial charge in [0, 0.05) is 29.6 Å². The Morgan fingerprint density at radius 3 is 2.92 bits per heavy atom. The minimum absolute atomic E-state index is 0.532. The lowest BCUT2D eigenvalue weighted by Crippen LogP contribution is -2.01. The van der Waals surface area contributed by atoms with Gasteiger partial charge < -0.3 is 5.73 Å². The summed E-state index contributed by atoms with van der Waals surface area (Å²) in [7, 11) is 0. The molecule has 7 heteroatoms. The van der Waals surface area contributed by atoms with E-state index in [1.165, 1.54) is 0 Å². The van der Waals surface area contributed by atoms with Crippen LogP contribution in [0.1, 0.15) is 25.5 Å². The van der Waals surface area contributed by atoms with E-state index in [4.69, 9.17) is 10.7 Å². The lowest BCUT2D eigenvalue weighted by Gasteiger charge is -2.08. The van der Waals surface area contributed by atoms with E-state index in [1.54, 1.807) is 16.9 Å². The molecule has 0 fully saturated rings. The first-order chi connectivity index (χ1) is 12.8. The number of fused-ring (bicyclic) bond motifs is 1. The van der Waals surface area contributed by atoms with Gasteiger partial charge in [-0.2, -0.15) is 14.7 Å². The Morgan fingerprint density at radius 2 is 2.12 bits per heavy atom. The van der Waals surface area contributed by atoms with Crippen molar-refractivity contribution in [3.05, 3.63) is 59.8 Å². The van der Waals surface area contributed by atoms with Gasteiger partial charge in [-0.25, -0.2) is 4.98 Å². The van der Waals surface area contributed by atoms with Crippen molar-refractivity contribution in [1.82, 2.24) is 24.8 Å². The molecule has 26 heavy (non-hydrogen) atoms. The Morgan fingerprint density at radius 1 is 1.23 bits per heavy atom. The number of hydrogen-bond donors (Lipinski definition) is 2. The molecular formula is C19H19N7. The summed E-state index contributed by atoms with van der Waals surface area (Å²) in [5, 5.41) is 11.1. The Balaban J connectivity index is 1.72. The first-order valence-corrected chi connectivity index (χ1v) is 8.47. The highest BCUT2D eigenvalue weighted by Crippen LogP contribution is 2.25. The van der Waals surface area contributed by atoms with E-state index in [0.29, 0.717) is 11.5 Å². The van der Waals surface area contributed by atoms with Crippen LogP contribution in [0.25, 0.3) is 22.9 Å². The maximum atomic E-state index is 6.16. The number of H-pyrrole nitrogens is 1. The fourth-order valence-corrected chi connectivity index (χ4v) is 2.97. The first kappa shape index (κ1) is 16.0. The number of anilines is 1. The third kappa shape index (κ3) is 2.95. The number of allylic oxidation sites excluding steroid dienone is 3. The number of nitrogens with zero attached hydrogens (tertiary/aromatic N) is 5. The number of aromatic nitrogens is 5. The van der Waals surface area contributed by atoms with Gasteiger partial charge in [0.15, 0.2) is 5.65 Å². The predicted octanol–water partition coefficient (Wildman–Crippen LogP) is 3.41. The Labute approximate surface area is 150 Å². The third-order valence-electron chi connectivity index (χ3n) is 4.19. The Hall–Kier alpha value is -3.48. The van der Waals surface area contributed by atoms with Crippen LogP contribution in [0.3, 0.4) is 0 Å². The van der Waals surface area contributed by atoms with Crippen molar-refractivity contribution in [2.75, 3.05) is 5.73 Å². The van der Waals surface area contributed by atoms with Crippen molar-refractivity contribution in [3.63, 3.8) is 0 Å². The average molecular weight is 345 g/mol. The van der Waals surface area contributed by atoms with E-state index in [2.05, 4.69) is 32.4 Å². The fraction of sp³-hybridized carbons (Fsp3) is 0.158. The summed E-state index contributed by atoms with van der Waals surface area (Å²) in [6.07, 6.45) is 17.5. The summed E-state index contributed by atoms with van der Waals surface area (Å²) < 4.78 is 1.63. The molecule has 1 aliphatic carbocycles. The van der Waals surface area contributed by atoms with Gasteiger partial charge in [-0.05, 0) is 31.4 Å². The molecule has 0 saturated carbocycles. The molecule has 7 nitrogen and oxygen atoms in total. The SMILES string of the molecule is CC=NC1=CCCC=C1/C=C/c1cc(N)n2ncc(-c3cn[nH]c3)c2n1. The minimum Gasteiger partial charge on any atom is -0.384 e. The van der Waals surface area contributed by atoms with E-state index in [0.717, 1.165) is 40.9 Å². The molecule has 0 saturated heterocycles. The van der Waals surface area contributed by atoms with Crippen molar-refractivity contribution < 1.29 is 0 Å². The van der Waals surface area contributed by atoms with E-state index >= 15 is 0 Å². The largest absolute Gasteiger partial charge is 0.384 e. The number of nitrogen functional groups attached to an aromatic ring is 1. The highest BCUT2D eigenvalue weighted by Gasteiger charge is 2.12. The van der Waals surface area contributed by atoms with Crippen LogP contribution in [0.2, 0.25) is 0 Å². The normalized spacial score (nSPS) is 15.1. The Bertz CT molecular complexity index is 1050. The van der Waals surface area contributed by atoms with Crippen LogP contribution < -0.4 is 5.73 Å². The van der Waals surface area contributed by atoms with Crippen molar-refractivity contribution in [3.8, 4) is 11.1 Å². The summed E-state index contributed by atoms with van der Waals surface area (Å²) in [4.78, 5) is 9.15. The van der Waals surface area contributed by atoms with Gasteiger partial charge in [0.1, 0.15) is 5.82 Å². The standard InChI is InChI=1S/C19H19N7/c1-2-21-17-6-4-3-5-13(17)7-8-15-9-18(20)26-19(25-15)16(12-24-26)14-10-22-23-11-14/h2,5-12H,3-4,20H2,1H3,(H,22,23)/b8-7+,21-2?. The molecular weight excluding hydrogens is 326 g/mol. The molecule has 0 aromatic carbocycles. The zero-order valence-corrected chi connectivity index (χ0v) is 14.4. The first-order valence-electron chi connectivity index (χ1n) is 8.47. The molecule has 3 heterocycles. The number of nitrogens with one attached hydrogen (secondary N) is 1. The number of aliphatic imine (C=N–C) groups is 1. The van der Waals surface area contributed by atoms with Crippen LogP contribution in [0, 0.1) is 0 Å². The van der Waals surface area contributed by atoms with Crippen molar-refractivity contribution >= 4 is 23.8 Å².